The first kappa shape index (κ1) is 12.2. The third kappa shape index (κ3) is 2.70. The van der Waals surface area contributed by atoms with Crippen LogP contribution in [0.1, 0.15) is 24.8 Å². The molecule has 0 radical (unpaired) electrons. The predicted molar refractivity (Wildman–Crippen MR) is 65.2 cm³/mol. The van der Waals surface area contributed by atoms with E-state index in [-0.39, 0.29) is 12.2 Å². The molecule has 17 heavy (non-hydrogen) atoms. The van der Waals surface area contributed by atoms with E-state index in [0.29, 0.717) is 6.54 Å². The molecule has 4 nitrogen and oxygen atoms in total. The Balaban J connectivity index is 2.17. The van der Waals surface area contributed by atoms with Crippen LogP contribution in [-0.4, -0.2) is 24.4 Å². The van der Waals surface area contributed by atoms with Crippen LogP contribution in [-0.2, 0) is 6.54 Å². The number of hydrogen-bond acceptors (Lipinski definition) is 4. The van der Waals surface area contributed by atoms with Gasteiger partial charge in [-0.2, -0.15) is 0 Å². The maximum absolute atomic E-state index is 9.75. The van der Waals surface area contributed by atoms with Crippen LogP contribution in [0.25, 0.3) is 0 Å². The van der Waals surface area contributed by atoms with Crippen LogP contribution in [0.2, 0.25) is 0 Å². The summed E-state index contributed by atoms with van der Waals surface area (Å²) in [5, 5.41) is 9.75. The van der Waals surface area contributed by atoms with E-state index >= 15 is 0 Å². The highest BCUT2D eigenvalue weighted by Crippen LogP contribution is 2.29. The predicted octanol–water partition coefficient (Wildman–Crippen LogP) is 1.45. The molecular weight excluding hydrogens is 218 g/mol. The van der Waals surface area contributed by atoms with E-state index in [2.05, 4.69) is 0 Å². The Bertz CT molecular complexity index is 381. The van der Waals surface area contributed by atoms with Gasteiger partial charge in [0.05, 0.1) is 13.2 Å². The standard InChI is InChI=1S/C13H19NO3/c1-16-10-6-5-9(8-14)13(7-10)17-12-4-2-3-11(12)15/h5-7,11-12,15H,2-4,8,14H2,1H3. The summed E-state index contributed by atoms with van der Waals surface area (Å²) >= 11 is 0. The van der Waals surface area contributed by atoms with Crippen LogP contribution >= 0.6 is 0 Å². The van der Waals surface area contributed by atoms with Crippen molar-refractivity contribution in [2.75, 3.05) is 7.11 Å². The lowest BCUT2D eigenvalue weighted by molar-refractivity contribution is 0.0596. The van der Waals surface area contributed by atoms with Gasteiger partial charge >= 0.3 is 0 Å². The summed E-state index contributed by atoms with van der Waals surface area (Å²) in [6, 6.07) is 5.59. The smallest absolute Gasteiger partial charge is 0.128 e. The van der Waals surface area contributed by atoms with Gasteiger partial charge in [0.15, 0.2) is 0 Å². The SMILES string of the molecule is COc1ccc(CN)c(OC2CCCC2O)c1. The summed E-state index contributed by atoms with van der Waals surface area (Å²) in [5.74, 6) is 1.46. The van der Waals surface area contributed by atoms with Gasteiger partial charge in [0, 0.05) is 18.2 Å². The van der Waals surface area contributed by atoms with Crippen molar-refractivity contribution in [3.63, 3.8) is 0 Å². The lowest BCUT2D eigenvalue weighted by atomic mass is 10.2. The third-order valence-corrected chi connectivity index (χ3v) is 3.19. The summed E-state index contributed by atoms with van der Waals surface area (Å²) in [6.45, 7) is 0.419. The first-order chi connectivity index (χ1) is 8.24. The number of hydrogen-bond donors (Lipinski definition) is 2. The molecule has 0 saturated heterocycles. The molecule has 0 heterocycles. The number of nitrogens with two attached hydrogens (primary N) is 1. The first-order valence-electron chi connectivity index (χ1n) is 5.96. The topological polar surface area (TPSA) is 64.7 Å². The minimum Gasteiger partial charge on any atom is -0.497 e. The highest BCUT2D eigenvalue weighted by atomic mass is 16.5. The molecule has 1 fully saturated rings. The zero-order valence-corrected chi connectivity index (χ0v) is 10.1. The summed E-state index contributed by atoms with van der Waals surface area (Å²) in [5.41, 5.74) is 6.60. The average molecular weight is 237 g/mol. The van der Waals surface area contributed by atoms with Crippen LogP contribution < -0.4 is 15.2 Å². The summed E-state index contributed by atoms with van der Waals surface area (Å²) < 4.78 is 11.0. The van der Waals surface area contributed by atoms with Crippen LogP contribution in [0, 0.1) is 0 Å². The number of ether oxygens (including phenoxy) is 2. The summed E-state index contributed by atoms with van der Waals surface area (Å²) in [6.07, 6.45) is 2.22. The molecule has 1 saturated carbocycles. The quantitative estimate of drug-likeness (QED) is 0.831. The average Bonchev–Trinajstić information content (AvgIpc) is 2.75. The molecule has 0 bridgehead atoms. The molecule has 1 aromatic carbocycles. The zero-order chi connectivity index (χ0) is 12.3. The minimum absolute atomic E-state index is 0.118. The van der Waals surface area contributed by atoms with Crippen molar-refractivity contribution in [3.05, 3.63) is 23.8 Å². The monoisotopic (exact) mass is 237 g/mol. The zero-order valence-electron chi connectivity index (χ0n) is 10.1. The second kappa shape index (κ2) is 5.38. The third-order valence-electron chi connectivity index (χ3n) is 3.19. The second-order valence-electron chi connectivity index (χ2n) is 4.33. The van der Waals surface area contributed by atoms with Gasteiger partial charge < -0.3 is 20.3 Å². The van der Waals surface area contributed by atoms with Crippen molar-refractivity contribution in [3.8, 4) is 11.5 Å². The van der Waals surface area contributed by atoms with Gasteiger partial charge in [-0.3, -0.25) is 0 Å². The fourth-order valence-electron chi connectivity index (χ4n) is 2.15. The first-order valence-corrected chi connectivity index (χ1v) is 5.96. The summed E-state index contributed by atoms with van der Waals surface area (Å²) in [7, 11) is 1.62. The number of methoxy groups -OCH3 is 1. The van der Waals surface area contributed by atoms with Gasteiger partial charge in [0.1, 0.15) is 17.6 Å². The molecule has 4 heteroatoms. The van der Waals surface area contributed by atoms with Crippen molar-refractivity contribution in [1.82, 2.24) is 0 Å². The molecule has 0 aliphatic heterocycles. The van der Waals surface area contributed by atoms with Gasteiger partial charge in [-0.1, -0.05) is 6.07 Å². The largest absolute Gasteiger partial charge is 0.497 e. The highest BCUT2D eigenvalue weighted by Gasteiger charge is 2.27. The number of rotatable bonds is 4. The fourth-order valence-corrected chi connectivity index (χ4v) is 2.15. The van der Waals surface area contributed by atoms with E-state index in [1.807, 2.05) is 18.2 Å². The maximum Gasteiger partial charge on any atom is 0.128 e. The van der Waals surface area contributed by atoms with Crippen LogP contribution in [0.3, 0.4) is 0 Å². The van der Waals surface area contributed by atoms with E-state index in [0.717, 1.165) is 36.3 Å². The lowest BCUT2D eigenvalue weighted by Crippen LogP contribution is -2.26. The molecule has 2 unspecified atom stereocenters. The molecule has 2 atom stereocenters. The van der Waals surface area contributed by atoms with Gasteiger partial charge in [-0.25, -0.2) is 0 Å². The van der Waals surface area contributed by atoms with Gasteiger partial charge in [-0.15, -0.1) is 0 Å². The minimum atomic E-state index is -0.369. The Kier molecular flexibility index (Phi) is 3.86. The van der Waals surface area contributed by atoms with E-state index in [1.54, 1.807) is 7.11 Å². The Hall–Kier alpha value is -1.26. The molecule has 1 aliphatic rings. The molecule has 0 aromatic heterocycles. The molecule has 94 valence electrons. The van der Waals surface area contributed by atoms with E-state index in [9.17, 15) is 5.11 Å². The highest BCUT2D eigenvalue weighted by molar-refractivity contribution is 5.40. The van der Waals surface area contributed by atoms with Gasteiger partial charge in [-0.05, 0) is 25.3 Å². The van der Waals surface area contributed by atoms with Crippen molar-refractivity contribution in [1.29, 1.82) is 0 Å². The molecule has 2 rings (SSSR count). The Morgan fingerprint density at radius 1 is 1.41 bits per heavy atom. The summed E-state index contributed by atoms with van der Waals surface area (Å²) in [4.78, 5) is 0. The van der Waals surface area contributed by atoms with E-state index in [1.165, 1.54) is 0 Å². The van der Waals surface area contributed by atoms with Crippen LogP contribution in [0.15, 0.2) is 18.2 Å². The van der Waals surface area contributed by atoms with Gasteiger partial charge in [0.25, 0.3) is 0 Å². The number of aliphatic hydroxyl groups is 1. The molecule has 0 amide bonds. The van der Waals surface area contributed by atoms with Crippen molar-refractivity contribution < 1.29 is 14.6 Å². The molecule has 1 aromatic rings. The Morgan fingerprint density at radius 3 is 2.82 bits per heavy atom. The fraction of sp³-hybridized carbons (Fsp3) is 0.538. The second-order valence-corrected chi connectivity index (χ2v) is 4.33. The van der Waals surface area contributed by atoms with Gasteiger partial charge in [0.2, 0.25) is 0 Å². The number of benzene rings is 1. The van der Waals surface area contributed by atoms with Crippen molar-refractivity contribution in [2.24, 2.45) is 5.73 Å². The molecular formula is C13H19NO3. The number of aliphatic hydroxyl groups excluding tert-OH is 1. The molecule has 1 aliphatic carbocycles. The lowest BCUT2D eigenvalue weighted by Gasteiger charge is -2.19. The van der Waals surface area contributed by atoms with Crippen LogP contribution in [0.4, 0.5) is 0 Å². The normalized spacial score (nSPS) is 23.7. The van der Waals surface area contributed by atoms with Crippen molar-refractivity contribution in [2.45, 2.75) is 38.0 Å². The maximum atomic E-state index is 9.75. The molecule has 3 N–H and O–H groups in total. The van der Waals surface area contributed by atoms with Crippen molar-refractivity contribution >= 4 is 0 Å². The van der Waals surface area contributed by atoms with Crippen LogP contribution in [0.5, 0.6) is 11.5 Å². The van der Waals surface area contributed by atoms with E-state index < -0.39 is 0 Å². The molecule has 0 spiro atoms. The Morgan fingerprint density at radius 2 is 2.24 bits per heavy atom. The Labute approximate surface area is 101 Å². The van der Waals surface area contributed by atoms with E-state index in [4.69, 9.17) is 15.2 Å².